The molecule has 20 heavy (non-hydrogen) atoms. The van der Waals surface area contributed by atoms with E-state index in [1.54, 1.807) is 0 Å². The van der Waals surface area contributed by atoms with Gasteiger partial charge in [0.15, 0.2) is 0 Å². The summed E-state index contributed by atoms with van der Waals surface area (Å²) in [5.41, 5.74) is 1.19. The molecule has 0 heterocycles. The fourth-order valence-corrected chi connectivity index (χ4v) is 2.84. The molecule has 0 N–H and O–H groups in total. The van der Waals surface area contributed by atoms with Gasteiger partial charge in [-0.15, -0.1) is 11.6 Å². The van der Waals surface area contributed by atoms with Crippen LogP contribution >= 0.6 is 11.6 Å². The summed E-state index contributed by atoms with van der Waals surface area (Å²) >= 11 is 6.06. The molecule has 1 aromatic carbocycles. The Hall–Kier alpha value is -0.560. The lowest BCUT2D eigenvalue weighted by Crippen LogP contribution is -2.06. The maximum Gasteiger partial charge on any atom is 0.123 e. The third-order valence-electron chi connectivity index (χ3n) is 3.87. The molecule has 1 aromatic rings. The molecule has 0 aliphatic rings. The molecule has 0 saturated heterocycles. The summed E-state index contributed by atoms with van der Waals surface area (Å²) in [5.74, 6) is 1.06. The number of halogens is 2. The summed E-state index contributed by atoms with van der Waals surface area (Å²) in [6.07, 6.45) is 11.5. The van der Waals surface area contributed by atoms with Crippen LogP contribution < -0.4 is 0 Å². The normalized spacial score (nSPS) is 12.6. The first-order valence-electron chi connectivity index (χ1n) is 8.06. The summed E-state index contributed by atoms with van der Waals surface area (Å²) in [6, 6.07) is 6.82. The number of alkyl halides is 1. The zero-order valence-electron chi connectivity index (χ0n) is 12.7. The molecule has 114 valence electrons. The van der Waals surface area contributed by atoms with Crippen LogP contribution in [0.3, 0.4) is 0 Å². The van der Waals surface area contributed by atoms with Gasteiger partial charge in [0.2, 0.25) is 0 Å². The smallest absolute Gasteiger partial charge is 0.123 e. The molecular formula is C18H28ClF. The molecule has 0 aliphatic carbocycles. The zero-order valence-corrected chi connectivity index (χ0v) is 13.5. The SMILES string of the molecule is CCCCCCCCCC(CCl)Cc1ccc(F)cc1. The third kappa shape index (κ3) is 7.89. The molecular weight excluding hydrogens is 271 g/mol. The standard InChI is InChI=1S/C18H28ClF/c1-2-3-4-5-6-7-8-9-17(15-19)14-16-10-12-18(20)13-11-16/h10-13,17H,2-9,14-15H2,1H3. The van der Waals surface area contributed by atoms with E-state index < -0.39 is 0 Å². The second-order valence-corrected chi connectivity index (χ2v) is 6.07. The molecule has 0 saturated carbocycles. The van der Waals surface area contributed by atoms with Crippen molar-refractivity contribution in [1.29, 1.82) is 0 Å². The van der Waals surface area contributed by atoms with E-state index in [0.717, 1.165) is 6.42 Å². The molecule has 1 rings (SSSR count). The van der Waals surface area contributed by atoms with E-state index in [1.807, 2.05) is 12.1 Å². The van der Waals surface area contributed by atoms with Crippen LogP contribution in [-0.2, 0) is 6.42 Å². The van der Waals surface area contributed by atoms with Gasteiger partial charge in [0.05, 0.1) is 0 Å². The molecule has 0 amide bonds. The molecule has 0 radical (unpaired) electrons. The highest BCUT2D eigenvalue weighted by Gasteiger charge is 2.08. The number of rotatable bonds is 11. The number of hydrogen-bond donors (Lipinski definition) is 0. The van der Waals surface area contributed by atoms with Crippen LogP contribution in [0.4, 0.5) is 4.39 Å². The van der Waals surface area contributed by atoms with Crippen molar-refractivity contribution in [2.75, 3.05) is 5.88 Å². The van der Waals surface area contributed by atoms with Gasteiger partial charge in [-0.3, -0.25) is 0 Å². The van der Waals surface area contributed by atoms with E-state index >= 15 is 0 Å². The van der Waals surface area contributed by atoms with E-state index in [0.29, 0.717) is 11.8 Å². The molecule has 0 spiro atoms. The Morgan fingerprint density at radius 2 is 1.55 bits per heavy atom. The largest absolute Gasteiger partial charge is 0.207 e. The Balaban J connectivity index is 2.14. The maximum atomic E-state index is 12.9. The first kappa shape index (κ1) is 17.5. The highest BCUT2D eigenvalue weighted by atomic mass is 35.5. The fourth-order valence-electron chi connectivity index (χ4n) is 2.58. The van der Waals surface area contributed by atoms with Crippen molar-refractivity contribution in [2.45, 2.75) is 64.7 Å². The van der Waals surface area contributed by atoms with Gasteiger partial charge < -0.3 is 0 Å². The summed E-state index contributed by atoms with van der Waals surface area (Å²) in [4.78, 5) is 0. The van der Waals surface area contributed by atoms with Crippen LogP contribution in [0.2, 0.25) is 0 Å². The lowest BCUT2D eigenvalue weighted by Gasteiger charge is -2.13. The molecule has 0 bridgehead atoms. The second kappa shape index (κ2) is 11.1. The van der Waals surface area contributed by atoms with Gasteiger partial charge >= 0.3 is 0 Å². The highest BCUT2D eigenvalue weighted by Crippen LogP contribution is 2.18. The Morgan fingerprint density at radius 1 is 0.950 bits per heavy atom. The Kier molecular flexibility index (Phi) is 9.74. The first-order chi connectivity index (χ1) is 9.76. The Bertz CT molecular complexity index is 334. The van der Waals surface area contributed by atoms with Crippen LogP contribution in [0.5, 0.6) is 0 Å². The topological polar surface area (TPSA) is 0 Å². The molecule has 1 atom stereocenters. The Morgan fingerprint density at radius 3 is 2.15 bits per heavy atom. The van der Waals surface area contributed by atoms with E-state index in [2.05, 4.69) is 6.92 Å². The van der Waals surface area contributed by atoms with Crippen molar-refractivity contribution in [1.82, 2.24) is 0 Å². The van der Waals surface area contributed by atoms with Gasteiger partial charge in [0.25, 0.3) is 0 Å². The van der Waals surface area contributed by atoms with Gasteiger partial charge in [-0.05, 0) is 36.5 Å². The number of hydrogen-bond acceptors (Lipinski definition) is 0. The van der Waals surface area contributed by atoms with E-state index in [1.165, 1.54) is 69.1 Å². The van der Waals surface area contributed by atoms with E-state index in [-0.39, 0.29) is 5.82 Å². The molecule has 2 heteroatoms. The van der Waals surface area contributed by atoms with Crippen molar-refractivity contribution in [2.24, 2.45) is 5.92 Å². The molecule has 1 unspecified atom stereocenters. The molecule has 0 fully saturated rings. The minimum Gasteiger partial charge on any atom is -0.207 e. The van der Waals surface area contributed by atoms with Crippen molar-refractivity contribution < 1.29 is 4.39 Å². The second-order valence-electron chi connectivity index (χ2n) is 5.76. The lowest BCUT2D eigenvalue weighted by atomic mass is 9.95. The van der Waals surface area contributed by atoms with Gasteiger partial charge in [0, 0.05) is 5.88 Å². The number of unbranched alkanes of at least 4 members (excludes halogenated alkanes) is 6. The number of benzene rings is 1. The molecule has 0 nitrogen and oxygen atoms in total. The monoisotopic (exact) mass is 298 g/mol. The zero-order chi connectivity index (χ0) is 14.6. The van der Waals surface area contributed by atoms with Crippen LogP contribution in [0, 0.1) is 11.7 Å². The maximum absolute atomic E-state index is 12.9. The van der Waals surface area contributed by atoms with Crippen molar-refractivity contribution >= 4 is 11.6 Å². The van der Waals surface area contributed by atoms with Crippen molar-refractivity contribution in [3.05, 3.63) is 35.6 Å². The summed E-state index contributed by atoms with van der Waals surface area (Å²) < 4.78 is 12.9. The Labute approximate surface area is 128 Å². The van der Waals surface area contributed by atoms with Crippen molar-refractivity contribution in [3.8, 4) is 0 Å². The van der Waals surface area contributed by atoms with Crippen molar-refractivity contribution in [3.63, 3.8) is 0 Å². The first-order valence-corrected chi connectivity index (χ1v) is 8.60. The highest BCUT2D eigenvalue weighted by molar-refractivity contribution is 6.18. The molecule has 0 aliphatic heterocycles. The van der Waals surface area contributed by atoms with E-state index in [4.69, 9.17) is 11.6 Å². The summed E-state index contributed by atoms with van der Waals surface area (Å²) in [6.45, 7) is 2.25. The van der Waals surface area contributed by atoms with Gasteiger partial charge in [-0.1, -0.05) is 64.0 Å². The minimum atomic E-state index is -0.164. The predicted molar refractivity (Wildman–Crippen MR) is 86.9 cm³/mol. The minimum absolute atomic E-state index is 0.164. The summed E-state index contributed by atoms with van der Waals surface area (Å²) in [5, 5.41) is 0. The van der Waals surface area contributed by atoms with Crippen LogP contribution in [0.1, 0.15) is 63.9 Å². The average Bonchev–Trinajstić information content (AvgIpc) is 2.47. The quantitative estimate of drug-likeness (QED) is 0.329. The summed E-state index contributed by atoms with van der Waals surface area (Å²) in [7, 11) is 0. The fraction of sp³-hybridized carbons (Fsp3) is 0.667. The average molecular weight is 299 g/mol. The lowest BCUT2D eigenvalue weighted by molar-refractivity contribution is 0.483. The van der Waals surface area contributed by atoms with Crippen LogP contribution in [0.25, 0.3) is 0 Å². The predicted octanol–water partition coefficient (Wildman–Crippen LogP) is 6.36. The molecule has 0 aromatic heterocycles. The van der Waals surface area contributed by atoms with Crippen LogP contribution in [0.15, 0.2) is 24.3 Å². The van der Waals surface area contributed by atoms with E-state index in [9.17, 15) is 4.39 Å². The van der Waals surface area contributed by atoms with Crippen LogP contribution in [-0.4, -0.2) is 5.88 Å². The van der Waals surface area contributed by atoms with Gasteiger partial charge in [-0.25, -0.2) is 4.39 Å². The van der Waals surface area contributed by atoms with Gasteiger partial charge in [-0.2, -0.15) is 0 Å². The van der Waals surface area contributed by atoms with Gasteiger partial charge in [0.1, 0.15) is 5.82 Å². The third-order valence-corrected chi connectivity index (χ3v) is 4.31.